The Morgan fingerprint density at radius 3 is 2.57 bits per heavy atom. The lowest BCUT2D eigenvalue weighted by atomic mass is 10.1. The topological polar surface area (TPSA) is 44.8 Å². The maximum Gasteiger partial charge on any atom is 0.320 e. The first-order valence-corrected chi connectivity index (χ1v) is 5.09. The highest BCUT2D eigenvalue weighted by atomic mass is 16.5. The third-order valence-electron chi connectivity index (χ3n) is 2.89. The number of carbonyl (C=O) groups excluding carboxylic acids is 1. The maximum absolute atomic E-state index is 11.9. The highest BCUT2D eigenvalue weighted by Crippen LogP contribution is 2.07. The quantitative estimate of drug-likeness (QED) is 0.610. The molecule has 0 spiro atoms. The lowest BCUT2D eigenvalue weighted by Gasteiger charge is -2.39. The van der Waals surface area contributed by atoms with Crippen molar-refractivity contribution < 1.29 is 9.53 Å². The van der Waals surface area contributed by atoms with E-state index >= 15 is 0 Å². The van der Waals surface area contributed by atoms with E-state index in [1.54, 1.807) is 0 Å². The summed E-state index contributed by atoms with van der Waals surface area (Å²) in [6, 6.07) is 0.519. The van der Waals surface area contributed by atoms with Crippen LogP contribution in [0.15, 0.2) is 0 Å². The normalized spacial score (nSPS) is 23.1. The molecule has 2 heterocycles. The van der Waals surface area contributed by atoms with E-state index in [0.29, 0.717) is 19.3 Å². The van der Waals surface area contributed by atoms with Crippen molar-refractivity contribution in [1.82, 2.24) is 15.1 Å². The van der Waals surface area contributed by atoms with Gasteiger partial charge in [0.15, 0.2) is 0 Å². The van der Waals surface area contributed by atoms with Crippen molar-refractivity contribution in [3.63, 3.8) is 0 Å². The summed E-state index contributed by atoms with van der Waals surface area (Å²) in [6.07, 6.45) is 0. The number of morpholine rings is 1. The molecule has 0 bridgehead atoms. The summed E-state index contributed by atoms with van der Waals surface area (Å²) in [5, 5.41) is 3.16. The summed E-state index contributed by atoms with van der Waals surface area (Å²) in [7, 11) is 1.88. The van der Waals surface area contributed by atoms with Crippen molar-refractivity contribution in [3.05, 3.63) is 0 Å². The Kier molecular flexibility index (Phi) is 2.88. The van der Waals surface area contributed by atoms with E-state index in [0.717, 1.165) is 26.2 Å². The molecule has 2 aliphatic rings. The molecule has 5 heteroatoms. The first-order chi connectivity index (χ1) is 6.79. The van der Waals surface area contributed by atoms with Crippen molar-refractivity contribution in [2.45, 2.75) is 6.04 Å². The molecule has 0 radical (unpaired) electrons. The van der Waals surface area contributed by atoms with Gasteiger partial charge in [0.05, 0.1) is 19.3 Å². The molecule has 2 fully saturated rings. The fourth-order valence-electron chi connectivity index (χ4n) is 1.68. The minimum atomic E-state index is 0.139. The lowest BCUT2D eigenvalue weighted by molar-refractivity contribution is 0.0395. The molecule has 0 saturated carbocycles. The Bertz CT molecular complexity index is 208. The molecule has 0 aromatic heterocycles. The molecule has 0 aliphatic carbocycles. The van der Waals surface area contributed by atoms with Crippen molar-refractivity contribution in [3.8, 4) is 0 Å². The summed E-state index contributed by atoms with van der Waals surface area (Å²) < 4.78 is 5.21. The highest BCUT2D eigenvalue weighted by molar-refractivity contribution is 5.74. The van der Waals surface area contributed by atoms with E-state index in [1.807, 2.05) is 16.8 Å². The first kappa shape index (κ1) is 9.73. The lowest BCUT2D eigenvalue weighted by Crippen LogP contribution is -2.60. The van der Waals surface area contributed by atoms with Crippen LogP contribution < -0.4 is 5.32 Å². The Labute approximate surface area is 84.0 Å². The average molecular weight is 199 g/mol. The monoisotopic (exact) mass is 199 g/mol. The second kappa shape index (κ2) is 4.14. The van der Waals surface area contributed by atoms with Crippen LogP contribution in [0, 0.1) is 0 Å². The minimum Gasteiger partial charge on any atom is -0.378 e. The number of carbonyl (C=O) groups is 1. The van der Waals surface area contributed by atoms with E-state index in [2.05, 4.69) is 5.32 Å². The van der Waals surface area contributed by atoms with Crippen LogP contribution in [-0.4, -0.2) is 68.3 Å². The van der Waals surface area contributed by atoms with Gasteiger partial charge < -0.3 is 19.9 Å². The molecular weight excluding hydrogens is 182 g/mol. The molecule has 2 aliphatic heterocycles. The molecule has 1 N–H and O–H groups in total. The standard InChI is InChI=1S/C9H17N3O2/c1-11(8-6-10-7-8)9(13)12-2-4-14-5-3-12/h8,10H,2-7H2,1H3. The molecule has 0 unspecified atom stereocenters. The molecule has 0 aromatic carbocycles. The number of nitrogens with one attached hydrogen (secondary N) is 1. The molecule has 0 atom stereocenters. The second-order valence-corrected chi connectivity index (χ2v) is 3.80. The number of likely N-dealkylation sites (N-methyl/N-ethyl adjacent to an activating group) is 1. The van der Waals surface area contributed by atoms with Gasteiger partial charge in [-0.15, -0.1) is 0 Å². The van der Waals surface area contributed by atoms with Gasteiger partial charge in [-0.3, -0.25) is 0 Å². The molecular formula is C9H17N3O2. The fourth-order valence-corrected chi connectivity index (χ4v) is 1.68. The van der Waals surface area contributed by atoms with Gasteiger partial charge in [0, 0.05) is 33.2 Å². The van der Waals surface area contributed by atoms with Gasteiger partial charge >= 0.3 is 6.03 Å². The third kappa shape index (κ3) is 1.83. The summed E-state index contributed by atoms with van der Waals surface area (Å²) >= 11 is 0. The minimum absolute atomic E-state index is 0.139. The van der Waals surface area contributed by atoms with Gasteiger partial charge in [-0.25, -0.2) is 4.79 Å². The van der Waals surface area contributed by atoms with Crippen LogP contribution in [0.3, 0.4) is 0 Å². The zero-order valence-corrected chi connectivity index (χ0v) is 8.53. The van der Waals surface area contributed by atoms with E-state index in [9.17, 15) is 4.79 Å². The van der Waals surface area contributed by atoms with Gasteiger partial charge in [0.2, 0.25) is 0 Å². The van der Waals surface area contributed by atoms with Gasteiger partial charge in [-0.2, -0.15) is 0 Å². The van der Waals surface area contributed by atoms with Crippen LogP contribution in [0.2, 0.25) is 0 Å². The van der Waals surface area contributed by atoms with Crippen LogP contribution in [0.1, 0.15) is 0 Å². The van der Waals surface area contributed by atoms with E-state index < -0.39 is 0 Å². The molecule has 5 nitrogen and oxygen atoms in total. The van der Waals surface area contributed by atoms with Gasteiger partial charge in [-0.1, -0.05) is 0 Å². The number of amides is 2. The molecule has 2 amide bonds. The van der Waals surface area contributed by atoms with Crippen LogP contribution in [-0.2, 0) is 4.74 Å². The molecule has 14 heavy (non-hydrogen) atoms. The molecule has 80 valence electrons. The number of ether oxygens (including phenoxy) is 1. The Hall–Kier alpha value is -0.810. The number of nitrogens with zero attached hydrogens (tertiary/aromatic N) is 2. The third-order valence-corrected chi connectivity index (χ3v) is 2.89. The van der Waals surface area contributed by atoms with E-state index in [1.165, 1.54) is 0 Å². The van der Waals surface area contributed by atoms with Crippen molar-refractivity contribution in [2.75, 3.05) is 46.4 Å². The second-order valence-electron chi connectivity index (χ2n) is 3.80. The highest BCUT2D eigenvalue weighted by Gasteiger charge is 2.28. The Morgan fingerprint density at radius 2 is 2.07 bits per heavy atom. The smallest absolute Gasteiger partial charge is 0.320 e. The summed E-state index contributed by atoms with van der Waals surface area (Å²) in [5.74, 6) is 0. The van der Waals surface area contributed by atoms with Gasteiger partial charge in [0.25, 0.3) is 0 Å². The van der Waals surface area contributed by atoms with E-state index in [4.69, 9.17) is 4.74 Å². The Balaban J connectivity index is 1.85. The van der Waals surface area contributed by atoms with E-state index in [-0.39, 0.29) is 6.03 Å². The molecule has 0 aromatic rings. The van der Waals surface area contributed by atoms with Crippen LogP contribution in [0.4, 0.5) is 4.79 Å². The predicted molar refractivity (Wildman–Crippen MR) is 52.2 cm³/mol. The van der Waals surface area contributed by atoms with Crippen molar-refractivity contribution in [1.29, 1.82) is 0 Å². The molecule has 2 rings (SSSR count). The first-order valence-electron chi connectivity index (χ1n) is 5.09. The van der Waals surface area contributed by atoms with Crippen LogP contribution in [0.25, 0.3) is 0 Å². The summed E-state index contributed by atoms with van der Waals surface area (Å²) in [6.45, 7) is 4.64. The fraction of sp³-hybridized carbons (Fsp3) is 0.889. The number of hydrogen-bond acceptors (Lipinski definition) is 3. The predicted octanol–water partition coefficient (Wildman–Crippen LogP) is -0.658. The average Bonchev–Trinajstić information content (AvgIpc) is 2.15. The zero-order chi connectivity index (χ0) is 9.97. The Morgan fingerprint density at radius 1 is 1.43 bits per heavy atom. The zero-order valence-electron chi connectivity index (χ0n) is 8.53. The molecule has 2 saturated heterocycles. The largest absolute Gasteiger partial charge is 0.378 e. The van der Waals surface area contributed by atoms with Crippen molar-refractivity contribution in [2.24, 2.45) is 0 Å². The van der Waals surface area contributed by atoms with Gasteiger partial charge in [0.1, 0.15) is 0 Å². The summed E-state index contributed by atoms with van der Waals surface area (Å²) in [5.41, 5.74) is 0. The maximum atomic E-state index is 11.9. The van der Waals surface area contributed by atoms with Gasteiger partial charge in [-0.05, 0) is 0 Å². The number of hydrogen-bond donors (Lipinski definition) is 1. The van der Waals surface area contributed by atoms with Crippen molar-refractivity contribution >= 4 is 6.03 Å². The van der Waals surface area contributed by atoms with Crippen LogP contribution >= 0.6 is 0 Å². The summed E-state index contributed by atoms with van der Waals surface area (Å²) in [4.78, 5) is 15.6. The van der Waals surface area contributed by atoms with Crippen LogP contribution in [0.5, 0.6) is 0 Å². The SMILES string of the molecule is CN(C(=O)N1CCOCC1)C1CNC1. The number of rotatable bonds is 1. The number of urea groups is 1.